The first kappa shape index (κ1) is 36.0. The number of para-hydroxylation sites is 4. The van der Waals surface area contributed by atoms with Crippen molar-refractivity contribution in [2.24, 2.45) is 0 Å². The van der Waals surface area contributed by atoms with Crippen molar-refractivity contribution >= 4 is 77.5 Å². The van der Waals surface area contributed by atoms with Gasteiger partial charge in [-0.2, -0.15) is 0 Å². The van der Waals surface area contributed by atoms with Gasteiger partial charge in [0.2, 0.25) is 0 Å². The molecule has 62 heavy (non-hydrogen) atoms. The highest BCUT2D eigenvalue weighted by Crippen LogP contribution is 2.53. The normalized spacial score (nSPS) is 12.8. The third-order valence-corrected chi connectivity index (χ3v) is 13.0. The lowest BCUT2D eigenvalue weighted by atomic mass is 9.81. The summed E-state index contributed by atoms with van der Waals surface area (Å²) >= 11 is 0. The van der Waals surface area contributed by atoms with Crippen molar-refractivity contribution in [3.63, 3.8) is 0 Å². The van der Waals surface area contributed by atoms with E-state index in [0.717, 1.165) is 45.3 Å². The van der Waals surface area contributed by atoms with Gasteiger partial charge in [-0.05, 0) is 141 Å². The standard InChI is InChI=1S/C59H43N3/c1-59(2)53-35-42-21-17-15-19-40(42)33-51(53)50-32-31-48(37-54(50)59)61(46-27-11-5-12-28-46)56-38-49(60(44-23-7-3-8-24-44)45-25-9-4-10-26-45)39-57-58(56)52-34-41-20-16-18-22-43(41)36-55(52)62(57)47-29-13-6-14-30-47/h3-39H,1-2H3. The van der Waals surface area contributed by atoms with Crippen LogP contribution in [-0.4, -0.2) is 4.57 Å². The van der Waals surface area contributed by atoms with Crippen molar-refractivity contribution in [1.82, 2.24) is 4.57 Å². The Balaban J connectivity index is 1.20. The molecular formula is C59H43N3. The Morgan fingerprint density at radius 2 is 0.855 bits per heavy atom. The van der Waals surface area contributed by atoms with Crippen LogP contribution >= 0.6 is 0 Å². The molecule has 0 bridgehead atoms. The van der Waals surface area contributed by atoms with Gasteiger partial charge in [-0.15, -0.1) is 0 Å². The molecule has 0 aliphatic heterocycles. The highest BCUT2D eigenvalue weighted by atomic mass is 15.2. The molecule has 0 amide bonds. The van der Waals surface area contributed by atoms with Gasteiger partial charge in [0.05, 0.1) is 22.4 Å². The van der Waals surface area contributed by atoms with E-state index in [1.165, 1.54) is 60.1 Å². The molecule has 0 saturated carbocycles. The van der Waals surface area contributed by atoms with Gasteiger partial charge in [-0.3, -0.25) is 0 Å². The molecule has 10 aromatic carbocycles. The van der Waals surface area contributed by atoms with Gasteiger partial charge in [-0.25, -0.2) is 0 Å². The van der Waals surface area contributed by atoms with Gasteiger partial charge in [0.15, 0.2) is 0 Å². The fourth-order valence-corrected chi connectivity index (χ4v) is 10.1. The van der Waals surface area contributed by atoms with E-state index in [1.807, 2.05) is 0 Å². The summed E-state index contributed by atoms with van der Waals surface area (Å²) in [6.07, 6.45) is 0. The van der Waals surface area contributed by atoms with Gasteiger partial charge in [-0.1, -0.05) is 141 Å². The summed E-state index contributed by atoms with van der Waals surface area (Å²) in [5.74, 6) is 0. The van der Waals surface area contributed by atoms with E-state index in [9.17, 15) is 0 Å². The first-order valence-corrected chi connectivity index (χ1v) is 21.5. The summed E-state index contributed by atoms with van der Waals surface area (Å²) in [6.45, 7) is 4.77. The van der Waals surface area contributed by atoms with Gasteiger partial charge >= 0.3 is 0 Å². The summed E-state index contributed by atoms with van der Waals surface area (Å²) in [7, 11) is 0. The molecule has 0 fully saturated rings. The molecule has 11 aromatic rings. The molecule has 0 unspecified atom stereocenters. The Kier molecular flexibility index (Phi) is 8.20. The second-order valence-electron chi connectivity index (χ2n) is 17.0. The van der Waals surface area contributed by atoms with Crippen LogP contribution < -0.4 is 9.80 Å². The molecule has 0 atom stereocenters. The summed E-state index contributed by atoms with van der Waals surface area (Å²) in [6, 6.07) is 82.3. The van der Waals surface area contributed by atoms with E-state index < -0.39 is 0 Å². The Labute approximate surface area is 362 Å². The molecule has 3 heteroatoms. The zero-order chi connectivity index (χ0) is 41.4. The van der Waals surface area contributed by atoms with E-state index in [4.69, 9.17) is 0 Å². The Bertz CT molecular complexity index is 3440. The number of hydrogen-bond acceptors (Lipinski definition) is 2. The fourth-order valence-electron chi connectivity index (χ4n) is 10.1. The molecule has 0 saturated heterocycles. The molecule has 0 spiro atoms. The number of hydrogen-bond donors (Lipinski definition) is 0. The van der Waals surface area contributed by atoms with Crippen molar-refractivity contribution in [3.05, 3.63) is 236 Å². The molecule has 1 aliphatic rings. The smallest absolute Gasteiger partial charge is 0.0583 e. The van der Waals surface area contributed by atoms with Crippen LogP contribution in [0, 0.1) is 0 Å². The second kappa shape index (κ2) is 14.1. The number of fused-ring (bicyclic) bond motifs is 8. The zero-order valence-electron chi connectivity index (χ0n) is 34.7. The summed E-state index contributed by atoms with van der Waals surface area (Å²) in [4.78, 5) is 4.89. The SMILES string of the molecule is CC1(C)c2cc(N(c3ccccc3)c3cc(N(c4ccccc4)c4ccccc4)cc4c3c3cc5ccccc5cc3n4-c3ccccc3)ccc2-c2cc3ccccc3cc21. The van der Waals surface area contributed by atoms with Crippen LogP contribution in [-0.2, 0) is 5.41 Å². The molecule has 1 heterocycles. The maximum absolute atomic E-state index is 2.50. The predicted octanol–water partition coefficient (Wildman–Crippen LogP) is 16.3. The van der Waals surface area contributed by atoms with Gasteiger partial charge in [0.25, 0.3) is 0 Å². The summed E-state index contributed by atoms with van der Waals surface area (Å²) in [5, 5.41) is 7.38. The lowest BCUT2D eigenvalue weighted by molar-refractivity contribution is 0.661. The molecule has 3 nitrogen and oxygen atoms in total. The van der Waals surface area contributed by atoms with E-state index in [2.05, 4.69) is 253 Å². The van der Waals surface area contributed by atoms with Gasteiger partial charge in [0, 0.05) is 44.6 Å². The molecular weight excluding hydrogens is 751 g/mol. The number of anilines is 6. The lowest BCUT2D eigenvalue weighted by Crippen LogP contribution is -2.17. The quantitative estimate of drug-likeness (QED) is 0.159. The van der Waals surface area contributed by atoms with Crippen LogP contribution in [0.5, 0.6) is 0 Å². The van der Waals surface area contributed by atoms with Crippen molar-refractivity contribution in [1.29, 1.82) is 0 Å². The maximum Gasteiger partial charge on any atom is 0.0583 e. The fraction of sp³-hybridized carbons (Fsp3) is 0.0508. The summed E-state index contributed by atoms with van der Waals surface area (Å²) in [5.41, 5.74) is 15.1. The van der Waals surface area contributed by atoms with E-state index >= 15 is 0 Å². The lowest BCUT2D eigenvalue weighted by Gasteiger charge is -2.31. The van der Waals surface area contributed by atoms with Crippen molar-refractivity contribution in [2.75, 3.05) is 9.80 Å². The largest absolute Gasteiger partial charge is 0.310 e. The Morgan fingerprint density at radius 3 is 1.47 bits per heavy atom. The van der Waals surface area contributed by atoms with Gasteiger partial charge in [0.1, 0.15) is 0 Å². The number of nitrogens with zero attached hydrogens (tertiary/aromatic N) is 3. The zero-order valence-corrected chi connectivity index (χ0v) is 34.7. The summed E-state index contributed by atoms with van der Waals surface area (Å²) < 4.78 is 2.47. The van der Waals surface area contributed by atoms with Crippen molar-refractivity contribution in [2.45, 2.75) is 19.3 Å². The Morgan fingerprint density at radius 1 is 0.355 bits per heavy atom. The van der Waals surface area contributed by atoms with Crippen LogP contribution in [0.3, 0.4) is 0 Å². The predicted molar refractivity (Wildman–Crippen MR) is 263 cm³/mol. The number of benzene rings is 10. The van der Waals surface area contributed by atoms with Gasteiger partial charge < -0.3 is 14.4 Å². The molecule has 0 N–H and O–H groups in total. The first-order valence-electron chi connectivity index (χ1n) is 21.5. The highest BCUT2D eigenvalue weighted by Gasteiger charge is 2.37. The Hall–Kier alpha value is -7.88. The third-order valence-electron chi connectivity index (χ3n) is 13.0. The van der Waals surface area contributed by atoms with Crippen LogP contribution in [0.1, 0.15) is 25.0 Å². The molecule has 294 valence electrons. The van der Waals surface area contributed by atoms with E-state index in [-0.39, 0.29) is 5.41 Å². The van der Waals surface area contributed by atoms with Crippen LogP contribution in [0.25, 0.3) is 60.2 Å². The molecule has 0 radical (unpaired) electrons. The average molecular weight is 794 g/mol. The molecule has 12 rings (SSSR count). The van der Waals surface area contributed by atoms with Crippen LogP contribution in [0.4, 0.5) is 34.1 Å². The topological polar surface area (TPSA) is 11.4 Å². The molecule has 1 aromatic heterocycles. The van der Waals surface area contributed by atoms with Crippen LogP contribution in [0.2, 0.25) is 0 Å². The average Bonchev–Trinajstić information content (AvgIpc) is 3.75. The first-order chi connectivity index (χ1) is 30.5. The minimum atomic E-state index is -0.204. The minimum Gasteiger partial charge on any atom is -0.310 e. The monoisotopic (exact) mass is 793 g/mol. The number of rotatable bonds is 7. The van der Waals surface area contributed by atoms with Crippen LogP contribution in [0.15, 0.2) is 224 Å². The van der Waals surface area contributed by atoms with E-state index in [0.29, 0.717) is 0 Å². The third kappa shape index (κ3) is 5.66. The van der Waals surface area contributed by atoms with E-state index in [1.54, 1.807) is 0 Å². The second-order valence-corrected chi connectivity index (χ2v) is 17.0. The van der Waals surface area contributed by atoms with Crippen molar-refractivity contribution < 1.29 is 0 Å². The minimum absolute atomic E-state index is 0.204. The van der Waals surface area contributed by atoms with Crippen molar-refractivity contribution in [3.8, 4) is 16.8 Å². The highest BCUT2D eigenvalue weighted by molar-refractivity contribution is 6.20. The maximum atomic E-state index is 2.50. The number of aromatic nitrogens is 1. The molecule has 1 aliphatic carbocycles.